The first-order valence-corrected chi connectivity index (χ1v) is 13.7. The number of phenols is 1. The second-order valence-corrected chi connectivity index (χ2v) is 10.7. The number of carbonyl (C=O) groups is 2. The first-order valence-electron chi connectivity index (χ1n) is 13.7. The lowest BCUT2D eigenvalue weighted by Gasteiger charge is -2.46. The average molecular weight is 607 g/mol. The summed E-state index contributed by atoms with van der Waals surface area (Å²) in [6.07, 6.45) is -15.7. The average Bonchev–Trinajstić information content (AvgIpc) is 2.97. The van der Waals surface area contributed by atoms with Crippen molar-refractivity contribution in [1.29, 1.82) is 0 Å². The van der Waals surface area contributed by atoms with Gasteiger partial charge in [0.2, 0.25) is 6.29 Å². The van der Waals surface area contributed by atoms with Gasteiger partial charge < -0.3 is 59.1 Å². The van der Waals surface area contributed by atoms with E-state index in [1.165, 1.54) is 13.0 Å². The third kappa shape index (κ3) is 6.32. The van der Waals surface area contributed by atoms with E-state index in [2.05, 4.69) is 0 Å². The molecule has 2 aromatic carbocycles. The van der Waals surface area contributed by atoms with Gasteiger partial charge in [-0.15, -0.1) is 0 Å². The molecule has 14 heteroatoms. The van der Waals surface area contributed by atoms with E-state index in [1.54, 1.807) is 24.3 Å². The summed E-state index contributed by atoms with van der Waals surface area (Å²) in [7, 11) is 0. The Bertz CT molecular complexity index is 1300. The number of ether oxygens (including phenoxy) is 6. The molecule has 0 aromatic heterocycles. The van der Waals surface area contributed by atoms with Gasteiger partial charge in [-0.3, -0.25) is 9.59 Å². The van der Waals surface area contributed by atoms with Crippen LogP contribution >= 0.6 is 0 Å². The van der Waals surface area contributed by atoms with Crippen molar-refractivity contribution in [3.63, 3.8) is 0 Å². The molecule has 0 radical (unpaired) electrons. The molecule has 234 valence electrons. The van der Waals surface area contributed by atoms with Crippen molar-refractivity contribution in [2.45, 2.75) is 87.8 Å². The maximum Gasteiger partial charge on any atom is 0.303 e. The Morgan fingerprint density at radius 2 is 1.65 bits per heavy atom. The summed E-state index contributed by atoms with van der Waals surface area (Å²) in [6, 6.07) is 11.5. The number of hydrogen-bond donors (Lipinski definition) is 6. The second-order valence-electron chi connectivity index (χ2n) is 10.7. The molecule has 0 spiro atoms. The first kappa shape index (κ1) is 31.1. The van der Waals surface area contributed by atoms with Gasteiger partial charge in [-0.25, -0.2) is 0 Å². The predicted molar refractivity (Wildman–Crippen MR) is 142 cm³/mol. The Labute approximate surface area is 245 Å². The molecule has 0 unspecified atom stereocenters. The summed E-state index contributed by atoms with van der Waals surface area (Å²) < 4.78 is 34.0. The molecule has 0 aliphatic carbocycles. The molecule has 3 aliphatic rings. The number of aliphatic hydroxyl groups is 5. The maximum absolute atomic E-state index is 12.9. The van der Waals surface area contributed by atoms with E-state index in [4.69, 9.17) is 28.4 Å². The molecule has 0 bridgehead atoms. The molecule has 5 rings (SSSR count). The Morgan fingerprint density at radius 1 is 0.953 bits per heavy atom. The van der Waals surface area contributed by atoms with Gasteiger partial charge in [0, 0.05) is 19.1 Å². The van der Waals surface area contributed by atoms with Crippen LogP contribution in [0.4, 0.5) is 0 Å². The van der Waals surface area contributed by atoms with Crippen molar-refractivity contribution < 1.29 is 68.6 Å². The summed E-state index contributed by atoms with van der Waals surface area (Å²) >= 11 is 0. The summed E-state index contributed by atoms with van der Waals surface area (Å²) in [5.41, 5.74) is 0.710. The largest absolute Gasteiger partial charge is 0.507 e. The zero-order valence-electron chi connectivity index (χ0n) is 23.3. The third-order valence-electron chi connectivity index (χ3n) is 7.59. The number of ketones is 1. The molecular formula is C29H34O14. The number of phenolic OH excluding ortho intramolecular Hbond substituents is 1. The van der Waals surface area contributed by atoms with Crippen LogP contribution in [-0.2, 0) is 23.7 Å². The minimum absolute atomic E-state index is 0.000983. The zero-order valence-corrected chi connectivity index (χ0v) is 23.3. The number of esters is 1. The molecule has 3 heterocycles. The van der Waals surface area contributed by atoms with Crippen molar-refractivity contribution in [2.75, 3.05) is 6.61 Å². The monoisotopic (exact) mass is 606 g/mol. The molecule has 2 saturated heterocycles. The highest BCUT2D eigenvalue weighted by atomic mass is 16.8. The van der Waals surface area contributed by atoms with Crippen molar-refractivity contribution in [2.24, 2.45) is 0 Å². The Morgan fingerprint density at radius 3 is 2.33 bits per heavy atom. The van der Waals surface area contributed by atoms with E-state index in [1.807, 2.05) is 6.07 Å². The predicted octanol–water partition coefficient (Wildman–Crippen LogP) is -0.300. The van der Waals surface area contributed by atoms with Crippen molar-refractivity contribution in [3.05, 3.63) is 53.6 Å². The Hall–Kier alpha value is -3.34. The van der Waals surface area contributed by atoms with Gasteiger partial charge in [-0.05, 0) is 12.5 Å². The molecule has 3 aliphatic heterocycles. The normalized spacial score (nSPS) is 35.9. The molecule has 43 heavy (non-hydrogen) atoms. The summed E-state index contributed by atoms with van der Waals surface area (Å²) in [4.78, 5) is 24.3. The fraction of sp³-hybridized carbons (Fsp3) is 0.517. The van der Waals surface area contributed by atoms with Gasteiger partial charge in [0.05, 0.1) is 19.1 Å². The van der Waals surface area contributed by atoms with E-state index in [0.29, 0.717) is 0 Å². The van der Waals surface area contributed by atoms with Crippen molar-refractivity contribution in [3.8, 4) is 17.2 Å². The third-order valence-corrected chi connectivity index (χ3v) is 7.59. The molecule has 0 saturated carbocycles. The molecule has 11 atom stereocenters. The van der Waals surface area contributed by atoms with Crippen LogP contribution in [0.2, 0.25) is 0 Å². The van der Waals surface area contributed by atoms with Crippen LogP contribution in [0.3, 0.4) is 0 Å². The van der Waals surface area contributed by atoms with E-state index >= 15 is 0 Å². The standard InChI is InChI=1S/C29H34O14/c1-12-26(39-13(2)31)24(36)25(37)28(38-12)43-27-23(35)22(34)20(11-30)42-29(27)40-15-8-16(32)21-17(33)10-18(41-19(21)9-15)14-6-4-3-5-7-14/h3-9,12,18,20,22-30,32,34-37H,10-11H2,1-2H3/t12-,18-,20+,22+,23-,24-,25+,26-,27+,28-,29+/m0/s1. The van der Waals surface area contributed by atoms with E-state index in [0.717, 1.165) is 18.6 Å². The lowest BCUT2D eigenvalue weighted by molar-refractivity contribution is -0.354. The van der Waals surface area contributed by atoms with Crippen molar-refractivity contribution >= 4 is 11.8 Å². The fourth-order valence-corrected chi connectivity index (χ4v) is 5.39. The molecule has 0 amide bonds. The number of fused-ring (bicyclic) bond motifs is 1. The SMILES string of the molecule is CC(=O)O[C@@H]1[C@@H](O)[C@@H](O)[C@H](O[C@H]2[C@H](Oc3cc(O)c4c(c3)O[C@H](c3ccccc3)CC4=O)O[C@H](CO)[C@@H](O)[C@@H]2O)O[C@H]1C. The number of rotatable bonds is 7. The van der Waals surface area contributed by atoms with Crippen LogP contribution in [0, 0.1) is 0 Å². The second kappa shape index (κ2) is 12.7. The van der Waals surface area contributed by atoms with E-state index in [-0.39, 0.29) is 29.3 Å². The number of Topliss-reactive ketones (excluding diaryl/α,β-unsaturated/α-hetero) is 1. The molecular weight excluding hydrogens is 572 g/mol. The van der Waals surface area contributed by atoms with Gasteiger partial charge in [0.1, 0.15) is 59.4 Å². The number of aromatic hydroxyl groups is 1. The van der Waals surface area contributed by atoms with Crippen LogP contribution in [0.1, 0.15) is 42.3 Å². The molecule has 2 aromatic rings. The zero-order chi connectivity index (χ0) is 31.0. The highest BCUT2D eigenvalue weighted by Gasteiger charge is 2.51. The summed E-state index contributed by atoms with van der Waals surface area (Å²) in [6.45, 7) is 1.89. The molecule has 6 N–H and O–H groups in total. The van der Waals surface area contributed by atoms with Gasteiger partial charge in [0.15, 0.2) is 24.3 Å². The topological polar surface area (TPSA) is 211 Å². The van der Waals surface area contributed by atoms with Crippen LogP contribution in [0.25, 0.3) is 0 Å². The highest BCUT2D eigenvalue weighted by Crippen LogP contribution is 2.42. The number of hydrogen-bond acceptors (Lipinski definition) is 14. The highest BCUT2D eigenvalue weighted by molar-refractivity contribution is 6.02. The van der Waals surface area contributed by atoms with Gasteiger partial charge in [0.25, 0.3) is 0 Å². The van der Waals surface area contributed by atoms with Gasteiger partial charge in [-0.2, -0.15) is 0 Å². The van der Waals surface area contributed by atoms with E-state index in [9.17, 15) is 40.2 Å². The maximum atomic E-state index is 12.9. The quantitative estimate of drug-likeness (QED) is 0.224. The minimum atomic E-state index is -1.76. The molecule has 2 fully saturated rings. The summed E-state index contributed by atoms with van der Waals surface area (Å²) in [5.74, 6) is -1.53. The van der Waals surface area contributed by atoms with Gasteiger partial charge >= 0.3 is 5.97 Å². The number of benzene rings is 2. The van der Waals surface area contributed by atoms with Crippen LogP contribution < -0.4 is 9.47 Å². The molecule has 14 nitrogen and oxygen atoms in total. The van der Waals surface area contributed by atoms with E-state index < -0.39 is 85.8 Å². The minimum Gasteiger partial charge on any atom is -0.507 e. The number of carbonyl (C=O) groups excluding carboxylic acids is 2. The Kier molecular flexibility index (Phi) is 9.20. The summed E-state index contributed by atoms with van der Waals surface area (Å²) in [5, 5.41) is 63.1. The Balaban J connectivity index is 1.39. The smallest absolute Gasteiger partial charge is 0.303 e. The van der Waals surface area contributed by atoms with Crippen molar-refractivity contribution in [1.82, 2.24) is 0 Å². The van der Waals surface area contributed by atoms with Crippen LogP contribution in [0.15, 0.2) is 42.5 Å². The number of aliphatic hydroxyl groups excluding tert-OH is 5. The van der Waals surface area contributed by atoms with Crippen LogP contribution in [-0.4, -0.2) is 110 Å². The van der Waals surface area contributed by atoms with Crippen LogP contribution in [0.5, 0.6) is 17.2 Å². The fourth-order valence-electron chi connectivity index (χ4n) is 5.39. The lowest BCUT2D eigenvalue weighted by atomic mass is 9.95. The lowest BCUT2D eigenvalue weighted by Crippen LogP contribution is -2.65. The first-order chi connectivity index (χ1) is 20.5. The van der Waals surface area contributed by atoms with Gasteiger partial charge in [-0.1, -0.05) is 30.3 Å².